The lowest BCUT2D eigenvalue weighted by Gasteiger charge is -2.11. The van der Waals surface area contributed by atoms with Gasteiger partial charge >= 0.3 is 0 Å². The number of aryl methyl sites for hydroxylation is 1. The zero-order valence-electron chi connectivity index (χ0n) is 11.9. The maximum absolute atomic E-state index is 6.09. The summed E-state index contributed by atoms with van der Waals surface area (Å²) >= 11 is 7.62. The molecule has 1 heterocycles. The molecular formula is C14H19ClN4S. The topological polar surface area (TPSA) is 53.6 Å². The van der Waals surface area contributed by atoms with E-state index in [2.05, 4.69) is 40.4 Å². The zero-order valence-corrected chi connectivity index (χ0v) is 13.5. The monoisotopic (exact) mass is 310 g/mol. The van der Waals surface area contributed by atoms with E-state index in [4.69, 9.17) is 11.6 Å². The Balaban J connectivity index is 2.11. The van der Waals surface area contributed by atoms with E-state index >= 15 is 0 Å². The molecule has 0 saturated carbocycles. The van der Waals surface area contributed by atoms with Crippen molar-refractivity contribution in [2.75, 3.05) is 6.54 Å². The van der Waals surface area contributed by atoms with Crippen molar-refractivity contribution in [2.45, 2.75) is 37.4 Å². The Hall–Kier alpha value is -1.04. The Morgan fingerprint density at radius 2 is 2.20 bits per heavy atom. The fourth-order valence-corrected chi connectivity index (χ4v) is 2.90. The van der Waals surface area contributed by atoms with E-state index in [1.807, 2.05) is 19.1 Å². The van der Waals surface area contributed by atoms with Crippen LogP contribution in [0.15, 0.2) is 28.3 Å². The van der Waals surface area contributed by atoms with Crippen LogP contribution in [-0.2, 0) is 6.54 Å². The van der Waals surface area contributed by atoms with Crippen LogP contribution in [0.5, 0.6) is 0 Å². The molecule has 2 rings (SSSR count). The number of H-pyrrole nitrogens is 1. The van der Waals surface area contributed by atoms with E-state index in [0.717, 1.165) is 34.0 Å². The predicted octanol–water partition coefficient (Wildman–Crippen LogP) is 3.66. The van der Waals surface area contributed by atoms with Gasteiger partial charge in [-0.1, -0.05) is 31.5 Å². The number of nitrogens with one attached hydrogen (secondary N) is 2. The Kier molecular flexibility index (Phi) is 5.46. The second-order valence-electron chi connectivity index (χ2n) is 5.08. The van der Waals surface area contributed by atoms with E-state index in [1.54, 1.807) is 0 Å². The normalized spacial score (nSPS) is 11.2. The van der Waals surface area contributed by atoms with Gasteiger partial charge in [0, 0.05) is 16.5 Å². The van der Waals surface area contributed by atoms with Crippen molar-refractivity contribution in [1.29, 1.82) is 0 Å². The molecule has 0 amide bonds. The molecule has 1 aromatic carbocycles. The second-order valence-corrected chi connectivity index (χ2v) is 6.53. The average Bonchev–Trinajstić information content (AvgIpc) is 2.77. The van der Waals surface area contributed by atoms with Crippen molar-refractivity contribution in [3.8, 4) is 0 Å². The molecular weight excluding hydrogens is 292 g/mol. The van der Waals surface area contributed by atoms with Gasteiger partial charge in [0.1, 0.15) is 5.82 Å². The quantitative estimate of drug-likeness (QED) is 0.855. The molecule has 0 atom stereocenters. The summed E-state index contributed by atoms with van der Waals surface area (Å²) in [4.78, 5) is 5.41. The summed E-state index contributed by atoms with van der Waals surface area (Å²) in [6, 6.07) is 5.93. The summed E-state index contributed by atoms with van der Waals surface area (Å²) in [6.45, 7) is 8.09. The molecule has 2 N–H and O–H groups in total. The molecule has 0 aliphatic heterocycles. The Morgan fingerprint density at radius 1 is 1.40 bits per heavy atom. The molecule has 0 spiro atoms. The van der Waals surface area contributed by atoms with Crippen LogP contribution in [0.2, 0.25) is 5.02 Å². The highest BCUT2D eigenvalue weighted by Gasteiger charge is 2.09. The third-order valence-electron chi connectivity index (χ3n) is 2.68. The number of rotatable bonds is 6. The van der Waals surface area contributed by atoms with Gasteiger partial charge in [-0.2, -0.15) is 0 Å². The van der Waals surface area contributed by atoms with Gasteiger partial charge in [-0.3, -0.25) is 5.10 Å². The summed E-state index contributed by atoms with van der Waals surface area (Å²) in [5, 5.41) is 11.9. The highest BCUT2D eigenvalue weighted by Crippen LogP contribution is 2.30. The van der Waals surface area contributed by atoms with E-state index < -0.39 is 0 Å². The standard InChI is InChI=1S/C14H19ClN4S/c1-9(2)7-16-8-11-4-5-12(15)6-13(11)20-14-17-10(3)18-19-14/h4-6,9,16H,7-8H2,1-3H3,(H,17,18,19). The molecule has 0 unspecified atom stereocenters. The number of aromatic amines is 1. The molecule has 108 valence electrons. The van der Waals surface area contributed by atoms with Gasteiger partial charge in [0.15, 0.2) is 0 Å². The first kappa shape index (κ1) is 15.4. The predicted molar refractivity (Wildman–Crippen MR) is 83.2 cm³/mol. The molecule has 4 nitrogen and oxygen atoms in total. The van der Waals surface area contributed by atoms with Crippen LogP contribution in [0.3, 0.4) is 0 Å². The van der Waals surface area contributed by atoms with E-state index in [1.165, 1.54) is 17.3 Å². The largest absolute Gasteiger partial charge is 0.312 e. The first-order valence-electron chi connectivity index (χ1n) is 6.60. The van der Waals surface area contributed by atoms with Crippen LogP contribution < -0.4 is 5.32 Å². The average molecular weight is 311 g/mol. The van der Waals surface area contributed by atoms with Crippen LogP contribution in [0.25, 0.3) is 0 Å². The molecule has 0 fully saturated rings. The number of nitrogens with zero attached hydrogens (tertiary/aromatic N) is 2. The molecule has 2 aromatic rings. The summed E-state index contributed by atoms with van der Waals surface area (Å²) in [5.41, 5.74) is 1.21. The Labute approximate surface area is 128 Å². The Bertz CT molecular complexity index is 568. The zero-order chi connectivity index (χ0) is 14.5. The molecule has 6 heteroatoms. The van der Waals surface area contributed by atoms with Gasteiger partial charge in [0.2, 0.25) is 5.16 Å². The minimum absolute atomic E-state index is 0.633. The molecule has 0 saturated heterocycles. The first-order valence-corrected chi connectivity index (χ1v) is 7.80. The molecule has 0 aliphatic rings. The molecule has 1 aromatic heterocycles. The maximum atomic E-state index is 6.09. The summed E-state index contributed by atoms with van der Waals surface area (Å²) < 4.78 is 0. The number of halogens is 1. The molecule has 0 aliphatic carbocycles. The Morgan fingerprint density at radius 3 is 2.85 bits per heavy atom. The van der Waals surface area contributed by atoms with Crippen molar-refractivity contribution >= 4 is 23.4 Å². The van der Waals surface area contributed by atoms with Crippen LogP contribution in [0, 0.1) is 12.8 Å². The lowest BCUT2D eigenvalue weighted by atomic mass is 10.2. The fourth-order valence-electron chi connectivity index (χ4n) is 1.73. The lowest BCUT2D eigenvalue weighted by molar-refractivity contribution is 0.550. The molecule has 0 radical (unpaired) electrons. The lowest BCUT2D eigenvalue weighted by Crippen LogP contribution is -2.19. The highest BCUT2D eigenvalue weighted by molar-refractivity contribution is 7.99. The number of benzene rings is 1. The second kappa shape index (κ2) is 7.11. The van der Waals surface area contributed by atoms with Crippen LogP contribution in [0.1, 0.15) is 25.2 Å². The first-order chi connectivity index (χ1) is 9.54. The number of hydrogen-bond donors (Lipinski definition) is 2. The van der Waals surface area contributed by atoms with Gasteiger partial charge < -0.3 is 5.32 Å². The van der Waals surface area contributed by atoms with Crippen LogP contribution in [0.4, 0.5) is 0 Å². The third-order valence-corrected chi connectivity index (χ3v) is 3.88. The van der Waals surface area contributed by atoms with E-state index in [-0.39, 0.29) is 0 Å². The van der Waals surface area contributed by atoms with Crippen molar-refractivity contribution in [3.63, 3.8) is 0 Å². The van der Waals surface area contributed by atoms with E-state index in [9.17, 15) is 0 Å². The molecule has 0 bridgehead atoms. The smallest absolute Gasteiger partial charge is 0.213 e. The van der Waals surface area contributed by atoms with Gasteiger partial charge in [-0.15, -0.1) is 5.10 Å². The summed E-state index contributed by atoms with van der Waals surface area (Å²) in [5.74, 6) is 1.45. The highest BCUT2D eigenvalue weighted by atomic mass is 35.5. The minimum atomic E-state index is 0.633. The van der Waals surface area contributed by atoms with Gasteiger partial charge in [0.25, 0.3) is 0 Å². The van der Waals surface area contributed by atoms with Gasteiger partial charge in [-0.05, 0) is 48.8 Å². The van der Waals surface area contributed by atoms with Gasteiger partial charge in [-0.25, -0.2) is 4.98 Å². The van der Waals surface area contributed by atoms with Gasteiger partial charge in [0.05, 0.1) is 0 Å². The van der Waals surface area contributed by atoms with Crippen LogP contribution >= 0.6 is 23.4 Å². The third kappa shape index (κ3) is 4.51. The van der Waals surface area contributed by atoms with E-state index in [0.29, 0.717) is 5.92 Å². The summed E-state index contributed by atoms with van der Waals surface area (Å²) in [7, 11) is 0. The van der Waals surface area contributed by atoms with Crippen molar-refractivity contribution in [3.05, 3.63) is 34.6 Å². The number of aromatic nitrogens is 3. The SMILES string of the molecule is Cc1nc(Sc2cc(Cl)ccc2CNCC(C)C)n[nH]1. The molecule has 20 heavy (non-hydrogen) atoms. The minimum Gasteiger partial charge on any atom is -0.312 e. The summed E-state index contributed by atoms with van der Waals surface area (Å²) in [6.07, 6.45) is 0. The van der Waals surface area contributed by atoms with Crippen molar-refractivity contribution in [2.24, 2.45) is 5.92 Å². The maximum Gasteiger partial charge on any atom is 0.213 e. The van der Waals surface area contributed by atoms with Crippen molar-refractivity contribution < 1.29 is 0 Å². The fraction of sp³-hybridized carbons (Fsp3) is 0.429. The number of hydrogen-bond acceptors (Lipinski definition) is 4. The van der Waals surface area contributed by atoms with Crippen molar-refractivity contribution in [1.82, 2.24) is 20.5 Å². The van der Waals surface area contributed by atoms with Crippen LogP contribution in [-0.4, -0.2) is 21.7 Å².